The Labute approximate surface area is 164 Å². The van der Waals surface area contributed by atoms with Gasteiger partial charge in [-0.15, -0.1) is 0 Å². The fraction of sp³-hybridized carbons (Fsp3) is 0.174. The SMILES string of the molecule is COc1ccc(-c2cccc(-n3cnc4cc([C@H](C)N)ccc43)c2)c(OC)c1. The van der Waals surface area contributed by atoms with E-state index in [9.17, 15) is 0 Å². The lowest BCUT2D eigenvalue weighted by Crippen LogP contribution is -2.04. The largest absolute Gasteiger partial charge is 0.497 e. The van der Waals surface area contributed by atoms with Gasteiger partial charge in [0.1, 0.15) is 17.8 Å². The Bertz CT molecular complexity index is 1130. The smallest absolute Gasteiger partial charge is 0.130 e. The first kappa shape index (κ1) is 18.1. The molecule has 0 aliphatic heterocycles. The minimum atomic E-state index is -0.0135. The molecule has 1 atom stereocenters. The van der Waals surface area contributed by atoms with Crippen LogP contribution in [0, 0.1) is 0 Å². The number of ether oxygens (including phenoxy) is 2. The standard InChI is InChI=1S/C23H23N3O2/c1-15(24)16-7-10-22-21(12-16)25-14-26(22)18-6-4-5-17(11-18)20-9-8-19(27-2)13-23(20)28-3/h4-15H,24H2,1-3H3/t15-/m0/s1. The van der Waals surface area contributed by atoms with E-state index in [0.717, 1.165) is 44.9 Å². The lowest BCUT2D eigenvalue weighted by molar-refractivity contribution is 0.395. The number of imidazole rings is 1. The second-order valence-electron chi connectivity index (χ2n) is 6.77. The van der Waals surface area contributed by atoms with Crippen molar-refractivity contribution >= 4 is 11.0 Å². The van der Waals surface area contributed by atoms with Crippen LogP contribution >= 0.6 is 0 Å². The maximum absolute atomic E-state index is 6.00. The second kappa shape index (κ2) is 7.37. The van der Waals surface area contributed by atoms with Gasteiger partial charge in [0.15, 0.2) is 0 Å². The summed E-state index contributed by atoms with van der Waals surface area (Å²) in [5.41, 5.74) is 12.2. The number of nitrogens with two attached hydrogens (primary N) is 1. The highest BCUT2D eigenvalue weighted by atomic mass is 16.5. The minimum Gasteiger partial charge on any atom is -0.497 e. The molecular weight excluding hydrogens is 350 g/mol. The van der Waals surface area contributed by atoms with Crippen LogP contribution in [0.1, 0.15) is 18.5 Å². The number of benzene rings is 3. The van der Waals surface area contributed by atoms with Crippen LogP contribution < -0.4 is 15.2 Å². The van der Waals surface area contributed by atoms with E-state index in [-0.39, 0.29) is 6.04 Å². The summed E-state index contributed by atoms with van der Waals surface area (Å²) in [5, 5.41) is 0. The number of fused-ring (bicyclic) bond motifs is 1. The van der Waals surface area contributed by atoms with Crippen molar-refractivity contribution in [2.75, 3.05) is 14.2 Å². The molecular formula is C23H23N3O2. The molecule has 3 aromatic carbocycles. The Morgan fingerprint density at radius 3 is 2.57 bits per heavy atom. The van der Waals surface area contributed by atoms with Gasteiger partial charge in [0.05, 0.1) is 25.3 Å². The van der Waals surface area contributed by atoms with Crippen LogP contribution in [0.5, 0.6) is 11.5 Å². The lowest BCUT2D eigenvalue weighted by Gasteiger charge is -2.12. The molecule has 0 saturated heterocycles. The zero-order chi connectivity index (χ0) is 19.7. The fourth-order valence-corrected chi connectivity index (χ4v) is 3.38. The van der Waals surface area contributed by atoms with Crippen molar-refractivity contribution in [3.05, 3.63) is 72.6 Å². The molecule has 0 aliphatic rings. The van der Waals surface area contributed by atoms with Gasteiger partial charge in [-0.3, -0.25) is 4.57 Å². The first-order valence-corrected chi connectivity index (χ1v) is 9.16. The Balaban J connectivity index is 1.79. The molecule has 28 heavy (non-hydrogen) atoms. The number of rotatable bonds is 5. The highest BCUT2D eigenvalue weighted by Crippen LogP contribution is 2.34. The van der Waals surface area contributed by atoms with Gasteiger partial charge >= 0.3 is 0 Å². The Hall–Kier alpha value is -3.31. The number of hydrogen-bond donors (Lipinski definition) is 1. The maximum Gasteiger partial charge on any atom is 0.130 e. The molecule has 0 fully saturated rings. The topological polar surface area (TPSA) is 62.3 Å². The molecule has 2 N–H and O–H groups in total. The van der Waals surface area contributed by atoms with Gasteiger partial charge in [-0.05, 0) is 54.4 Å². The van der Waals surface area contributed by atoms with Gasteiger partial charge in [-0.2, -0.15) is 0 Å². The van der Waals surface area contributed by atoms with Crippen LogP contribution in [-0.2, 0) is 0 Å². The summed E-state index contributed by atoms with van der Waals surface area (Å²) in [4.78, 5) is 4.56. The summed E-state index contributed by atoms with van der Waals surface area (Å²) < 4.78 is 13.0. The summed E-state index contributed by atoms with van der Waals surface area (Å²) in [6, 6.07) is 20.3. The maximum atomic E-state index is 6.00. The molecule has 1 heterocycles. The molecule has 0 unspecified atom stereocenters. The van der Waals surface area contributed by atoms with E-state index in [1.165, 1.54) is 0 Å². The zero-order valence-electron chi connectivity index (χ0n) is 16.2. The van der Waals surface area contributed by atoms with E-state index < -0.39 is 0 Å². The first-order chi connectivity index (χ1) is 13.6. The molecule has 0 aliphatic carbocycles. The molecule has 142 valence electrons. The van der Waals surface area contributed by atoms with Gasteiger partial charge in [-0.1, -0.05) is 18.2 Å². The normalized spacial score (nSPS) is 12.1. The van der Waals surface area contributed by atoms with E-state index in [0.29, 0.717) is 0 Å². The van der Waals surface area contributed by atoms with E-state index in [1.807, 2.05) is 43.6 Å². The summed E-state index contributed by atoms with van der Waals surface area (Å²) >= 11 is 0. The number of methoxy groups -OCH3 is 2. The summed E-state index contributed by atoms with van der Waals surface area (Å²) in [6.07, 6.45) is 1.85. The average Bonchev–Trinajstić information content (AvgIpc) is 3.16. The summed E-state index contributed by atoms with van der Waals surface area (Å²) in [7, 11) is 3.32. The van der Waals surface area contributed by atoms with Crippen molar-refractivity contribution in [1.82, 2.24) is 9.55 Å². The summed E-state index contributed by atoms with van der Waals surface area (Å²) in [6.45, 7) is 1.98. The molecule has 5 heteroatoms. The van der Waals surface area contributed by atoms with Crippen molar-refractivity contribution in [3.63, 3.8) is 0 Å². The van der Waals surface area contributed by atoms with Crippen LogP contribution in [0.15, 0.2) is 67.0 Å². The van der Waals surface area contributed by atoms with Crippen molar-refractivity contribution < 1.29 is 9.47 Å². The zero-order valence-corrected chi connectivity index (χ0v) is 16.2. The lowest BCUT2D eigenvalue weighted by atomic mass is 10.0. The molecule has 4 aromatic rings. The molecule has 0 radical (unpaired) electrons. The van der Waals surface area contributed by atoms with Crippen molar-refractivity contribution in [3.8, 4) is 28.3 Å². The van der Waals surface area contributed by atoms with Gasteiger partial charge < -0.3 is 15.2 Å². The predicted octanol–water partition coefficient (Wildman–Crippen LogP) is 4.73. The highest BCUT2D eigenvalue weighted by Gasteiger charge is 2.11. The van der Waals surface area contributed by atoms with Crippen LogP contribution in [0.3, 0.4) is 0 Å². The minimum absolute atomic E-state index is 0.0135. The van der Waals surface area contributed by atoms with Crippen molar-refractivity contribution in [2.45, 2.75) is 13.0 Å². The van der Waals surface area contributed by atoms with Gasteiger partial charge in [0.25, 0.3) is 0 Å². The van der Waals surface area contributed by atoms with Crippen molar-refractivity contribution in [1.29, 1.82) is 0 Å². The van der Waals surface area contributed by atoms with Gasteiger partial charge in [0.2, 0.25) is 0 Å². The molecule has 5 nitrogen and oxygen atoms in total. The van der Waals surface area contributed by atoms with Crippen LogP contribution in [0.2, 0.25) is 0 Å². The molecule has 0 bridgehead atoms. The van der Waals surface area contributed by atoms with Gasteiger partial charge in [-0.25, -0.2) is 4.98 Å². The average molecular weight is 373 g/mol. The van der Waals surface area contributed by atoms with Gasteiger partial charge in [0, 0.05) is 23.4 Å². The molecule has 1 aromatic heterocycles. The first-order valence-electron chi connectivity index (χ1n) is 9.16. The number of nitrogens with zero attached hydrogens (tertiary/aromatic N) is 2. The third-order valence-electron chi connectivity index (χ3n) is 4.94. The predicted molar refractivity (Wildman–Crippen MR) is 112 cm³/mol. The molecule has 0 saturated carbocycles. The van der Waals surface area contributed by atoms with Crippen LogP contribution in [0.25, 0.3) is 27.8 Å². The number of hydrogen-bond acceptors (Lipinski definition) is 4. The van der Waals surface area contributed by atoms with E-state index >= 15 is 0 Å². The number of aromatic nitrogens is 2. The second-order valence-corrected chi connectivity index (χ2v) is 6.77. The Morgan fingerprint density at radius 2 is 1.82 bits per heavy atom. The Morgan fingerprint density at radius 1 is 0.964 bits per heavy atom. The Kier molecular flexibility index (Phi) is 4.75. The van der Waals surface area contributed by atoms with E-state index in [1.54, 1.807) is 14.2 Å². The summed E-state index contributed by atoms with van der Waals surface area (Å²) in [5.74, 6) is 1.54. The molecule has 0 spiro atoms. The molecule has 0 amide bonds. The highest BCUT2D eigenvalue weighted by molar-refractivity contribution is 5.79. The van der Waals surface area contributed by atoms with Crippen molar-refractivity contribution in [2.24, 2.45) is 5.73 Å². The third-order valence-corrected chi connectivity index (χ3v) is 4.94. The van der Waals surface area contributed by atoms with E-state index in [2.05, 4.69) is 39.9 Å². The van der Waals surface area contributed by atoms with Crippen LogP contribution in [-0.4, -0.2) is 23.8 Å². The monoisotopic (exact) mass is 373 g/mol. The molecule has 4 rings (SSSR count). The quantitative estimate of drug-likeness (QED) is 0.549. The third kappa shape index (κ3) is 3.21. The van der Waals surface area contributed by atoms with Crippen LogP contribution in [0.4, 0.5) is 0 Å². The van der Waals surface area contributed by atoms with E-state index in [4.69, 9.17) is 15.2 Å². The fourth-order valence-electron chi connectivity index (χ4n) is 3.38.